The standard InChI is InChI=1S/C13H12F3NO3/c1-3-20-10(18)6-8-4-5-9(7-17)11(12(8)19-2)13(14,15)16/h4-5H,3,6H2,1-2H3. The van der Waals surface area contributed by atoms with E-state index in [2.05, 4.69) is 4.74 Å². The van der Waals surface area contributed by atoms with E-state index in [9.17, 15) is 18.0 Å². The largest absolute Gasteiger partial charge is 0.496 e. The van der Waals surface area contributed by atoms with Crippen molar-refractivity contribution in [2.45, 2.75) is 19.5 Å². The lowest BCUT2D eigenvalue weighted by Crippen LogP contribution is -2.14. The van der Waals surface area contributed by atoms with E-state index in [-0.39, 0.29) is 18.6 Å². The third kappa shape index (κ3) is 3.41. The molecule has 0 saturated carbocycles. The molecule has 4 nitrogen and oxygen atoms in total. The molecule has 20 heavy (non-hydrogen) atoms. The number of rotatable bonds is 4. The summed E-state index contributed by atoms with van der Waals surface area (Å²) in [6, 6.07) is 3.73. The van der Waals surface area contributed by atoms with Crippen molar-refractivity contribution in [1.82, 2.24) is 0 Å². The Balaban J connectivity index is 3.35. The van der Waals surface area contributed by atoms with Gasteiger partial charge in [-0.3, -0.25) is 4.79 Å². The van der Waals surface area contributed by atoms with Gasteiger partial charge in [-0.25, -0.2) is 0 Å². The van der Waals surface area contributed by atoms with Gasteiger partial charge in [0.15, 0.2) is 0 Å². The maximum absolute atomic E-state index is 13.0. The summed E-state index contributed by atoms with van der Waals surface area (Å²) in [6.45, 7) is 1.72. The molecule has 7 heteroatoms. The maximum Gasteiger partial charge on any atom is 0.421 e. The van der Waals surface area contributed by atoms with Crippen LogP contribution < -0.4 is 4.74 Å². The number of methoxy groups -OCH3 is 1. The van der Waals surface area contributed by atoms with Crippen LogP contribution in [0.2, 0.25) is 0 Å². The van der Waals surface area contributed by atoms with Crippen molar-refractivity contribution in [2.24, 2.45) is 0 Å². The maximum atomic E-state index is 13.0. The van der Waals surface area contributed by atoms with Crippen LogP contribution in [0.1, 0.15) is 23.6 Å². The summed E-state index contributed by atoms with van der Waals surface area (Å²) in [6.07, 6.45) is -5.10. The summed E-state index contributed by atoms with van der Waals surface area (Å²) < 4.78 is 48.4. The van der Waals surface area contributed by atoms with Crippen LogP contribution >= 0.6 is 0 Å². The minimum Gasteiger partial charge on any atom is -0.496 e. The van der Waals surface area contributed by atoms with E-state index in [0.717, 1.165) is 13.2 Å². The second-order valence-electron chi connectivity index (χ2n) is 3.77. The summed E-state index contributed by atoms with van der Waals surface area (Å²) in [5, 5.41) is 8.76. The summed E-state index contributed by atoms with van der Waals surface area (Å²) in [4.78, 5) is 11.4. The number of carbonyl (C=O) groups is 1. The highest BCUT2D eigenvalue weighted by atomic mass is 19.4. The first-order chi connectivity index (χ1) is 9.35. The second-order valence-corrected chi connectivity index (χ2v) is 3.77. The van der Waals surface area contributed by atoms with Gasteiger partial charge in [0.1, 0.15) is 11.3 Å². The molecular formula is C13H12F3NO3. The number of carbonyl (C=O) groups excluding carboxylic acids is 1. The molecule has 0 spiro atoms. The minimum atomic E-state index is -4.75. The van der Waals surface area contributed by atoms with E-state index in [1.807, 2.05) is 0 Å². The highest BCUT2D eigenvalue weighted by Crippen LogP contribution is 2.40. The highest BCUT2D eigenvalue weighted by Gasteiger charge is 2.38. The number of hydrogen-bond acceptors (Lipinski definition) is 4. The summed E-state index contributed by atoms with van der Waals surface area (Å²) in [5.41, 5.74) is -1.71. The van der Waals surface area contributed by atoms with E-state index in [0.29, 0.717) is 0 Å². The number of benzene rings is 1. The van der Waals surface area contributed by atoms with Crippen LogP contribution in [0.3, 0.4) is 0 Å². The first-order valence-electron chi connectivity index (χ1n) is 5.67. The fraction of sp³-hybridized carbons (Fsp3) is 0.385. The van der Waals surface area contributed by atoms with Gasteiger partial charge in [-0.2, -0.15) is 18.4 Å². The lowest BCUT2D eigenvalue weighted by atomic mass is 10.0. The zero-order valence-electron chi connectivity index (χ0n) is 10.9. The van der Waals surface area contributed by atoms with Gasteiger partial charge in [-0.1, -0.05) is 6.07 Å². The van der Waals surface area contributed by atoms with E-state index < -0.39 is 29.0 Å². The van der Waals surface area contributed by atoms with Crippen LogP contribution in [0.4, 0.5) is 13.2 Å². The predicted molar refractivity (Wildman–Crippen MR) is 63.0 cm³/mol. The van der Waals surface area contributed by atoms with Crippen LogP contribution in [0.25, 0.3) is 0 Å². The Morgan fingerprint density at radius 1 is 1.40 bits per heavy atom. The van der Waals surface area contributed by atoms with Gasteiger partial charge in [-0.15, -0.1) is 0 Å². The Labute approximate surface area is 113 Å². The molecule has 1 aromatic carbocycles. The van der Waals surface area contributed by atoms with E-state index >= 15 is 0 Å². The number of nitriles is 1. The zero-order valence-corrected chi connectivity index (χ0v) is 10.9. The second kappa shape index (κ2) is 6.28. The topological polar surface area (TPSA) is 59.3 Å². The number of hydrogen-bond donors (Lipinski definition) is 0. The molecule has 0 aliphatic rings. The van der Waals surface area contributed by atoms with Crippen molar-refractivity contribution in [2.75, 3.05) is 13.7 Å². The van der Waals surface area contributed by atoms with Gasteiger partial charge in [0, 0.05) is 5.56 Å². The molecule has 0 aliphatic heterocycles. The van der Waals surface area contributed by atoms with E-state index in [1.165, 1.54) is 12.1 Å². The van der Waals surface area contributed by atoms with Gasteiger partial charge >= 0.3 is 12.1 Å². The molecule has 0 unspecified atom stereocenters. The Morgan fingerprint density at radius 2 is 2.05 bits per heavy atom. The molecule has 1 aromatic rings. The fourth-order valence-corrected chi connectivity index (χ4v) is 1.74. The van der Waals surface area contributed by atoms with Crippen molar-refractivity contribution in [3.8, 4) is 11.8 Å². The molecule has 0 radical (unpaired) electrons. The molecule has 0 saturated heterocycles. The zero-order chi connectivity index (χ0) is 15.3. The lowest BCUT2D eigenvalue weighted by Gasteiger charge is -2.16. The molecule has 0 aromatic heterocycles. The molecule has 0 aliphatic carbocycles. The van der Waals surface area contributed by atoms with Gasteiger partial charge in [0.25, 0.3) is 0 Å². The van der Waals surface area contributed by atoms with Crippen molar-refractivity contribution < 1.29 is 27.4 Å². The van der Waals surface area contributed by atoms with Crippen LogP contribution in [-0.4, -0.2) is 19.7 Å². The molecule has 0 bridgehead atoms. The first kappa shape index (κ1) is 15.8. The Bertz CT molecular complexity index is 547. The van der Waals surface area contributed by atoms with E-state index in [4.69, 9.17) is 10.00 Å². The summed E-state index contributed by atoms with van der Waals surface area (Å²) in [7, 11) is 1.06. The minimum absolute atomic E-state index is 0.0253. The number of esters is 1. The molecular weight excluding hydrogens is 275 g/mol. The smallest absolute Gasteiger partial charge is 0.421 e. The quantitative estimate of drug-likeness (QED) is 0.799. The predicted octanol–water partition coefficient (Wildman–Crippen LogP) is 2.69. The van der Waals surface area contributed by atoms with Gasteiger partial charge in [0.2, 0.25) is 0 Å². The number of halogens is 3. The summed E-state index contributed by atoms with van der Waals surface area (Å²) >= 11 is 0. The van der Waals surface area contributed by atoms with Crippen LogP contribution in [0, 0.1) is 11.3 Å². The summed E-state index contributed by atoms with van der Waals surface area (Å²) in [5.74, 6) is -1.19. The van der Waals surface area contributed by atoms with E-state index in [1.54, 1.807) is 6.92 Å². The van der Waals surface area contributed by atoms with Crippen molar-refractivity contribution in [3.05, 3.63) is 28.8 Å². The highest BCUT2D eigenvalue weighted by molar-refractivity contribution is 5.74. The average molecular weight is 287 g/mol. The number of nitrogens with zero attached hydrogens (tertiary/aromatic N) is 1. The lowest BCUT2D eigenvalue weighted by molar-refractivity contribution is -0.143. The molecule has 0 heterocycles. The van der Waals surface area contributed by atoms with Crippen LogP contribution in [-0.2, 0) is 22.1 Å². The van der Waals surface area contributed by atoms with Gasteiger partial charge in [0.05, 0.1) is 31.8 Å². The van der Waals surface area contributed by atoms with Crippen molar-refractivity contribution in [3.63, 3.8) is 0 Å². The fourth-order valence-electron chi connectivity index (χ4n) is 1.74. The molecule has 0 amide bonds. The monoisotopic (exact) mass is 287 g/mol. The normalized spacial score (nSPS) is 10.8. The average Bonchev–Trinajstić information content (AvgIpc) is 2.37. The van der Waals surface area contributed by atoms with Gasteiger partial charge < -0.3 is 9.47 Å². The van der Waals surface area contributed by atoms with Crippen molar-refractivity contribution >= 4 is 5.97 Å². The molecule has 0 atom stereocenters. The molecule has 108 valence electrons. The molecule has 1 rings (SSSR count). The van der Waals surface area contributed by atoms with Gasteiger partial charge in [-0.05, 0) is 13.0 Å². The third-order valence-electron chi connectivity index (χ3n) is 2.49. The Kier molecular flexibility index (Phi) is 4.97. The number of ether oxygens (including phenoxy) is 2. The molecule has 0 fully saturated rings. The SMILES string of the molecule is CCOC(=O)Cc1ccc(C#N)c(C(F)(F)F)c1OC. The first-order valence-corrected chi connectivity index (χ1v) is 5.67. The van der Waals surface area contributed by atoms with Crippen LogP contribution in [0.15, 0.2) is 12.1 Å². The Hall–Kier alpha value is -2.23. The third-order valence-corrected chi connectivity index (χ3v) is 2.49. The molecule has 0 N–H and O–H groups in total. The van der Waals surface area contributed by atoms with Crippen LogP contribution in [0.5, 0.6) is 5.75 Å². The van der Waals surface area contributed by atoms with Crippen molar-refractivity contribution in [1.29, 1.82) is 5.26 Å². The Morgan fingerprint density at radius 3 is 2.50 bits per heavy atom. The number of alkyl halides is 3.